The van der Waals surface area contributed by atoms with Gasteiger partial charge in [-0.1, -0.05) is 18.2 Å². The van der Waals surface area contributed by atoms with Gasteiger partial charge in [0.1, 0.15) is 5.82 Å². The molecule has 5 nitrogen and oxygen atoms in total. The Morgan fingerprint density at radius 1 is 1.15 bits per heavy atom. The van der Waals surface area contributed by atoms with Crippen LogP contribution in [-0.4, -0.2) is 47.1 Å². The number of benzene rings is 1. The molecule has 1 atom stereocenters. The van der Waals surface area contributed by atoms with Gasteiger partial charge in [0.2, 0.25) is 11.8 Å². The molecule has 1 aromatic carbocycles. The fourth-order valence-corrected chi connectivity index (χ4v) is 4.28. The molecule has 1 aromatic rings. The lowest BCUT2D eigenvalue weighted by Gasteiger charge is -2.33. The lowest BCUT2D eigenvalue weighted by Crippen LogP contribution is -2.44. The van der Waals surface area contributed by atoms with E-state index in [-0.39, 0.29) is 48.7 Å². The minimum absolute atomic E-state index is 0.00344. The van der Waals surface area contributed by atoms with Crippen molar-refractivity contribution in [2.45, 2.75) is 63.5 Å². The summed E-state index contributed by atoms with van der Waals surface area (Å²) >= 11 is 0. The quantitative estimate of drug-likeness (QED) is 0.801. The van der Waals surface area contributed by atoms with Crippen LogP contribution < -0.4 is 5.32 Å². The first-order chi connectivity index (χ1) is 13.1. The van der Waals surface area contributed by atoms with Gasteiger partial charge in [0.05, 0.1) is 12.6 Å². The summed E-state index contributed by atoms with van der Waals surface area (Å²) in [6.45, 7) is 0.788. The lowest BCUT2D eigenvalue weighted by molar-refractivity contribution is -0.138. The smallest absolute Gasteiger partial charge is 0.226 e. The Bertz CT molecular complexity index is 659. The Morgan fingerprint density at radius 2 is 1.89 bits per heavy atom. The Balaban J connectivity index is 1.41. The average molecular weight is 376 g/mol. The summed E-state index contributed by atoms with van der Waals surface area (Å²) in [4.78, 5) is 26.7. The molecule has 6 heteroatoms. The third-order valence-corrected chi connectivity index (χ3v) is 5.89. The summed E-state index contributed by atoms with van der Waals surface area (Å²) in [5.41, 5.74) is 0.561. The molecule has 1 saturated carbocycles. The molecule has 1 aliphatic carbocycles. The number of amides is 2. The molecule has 0 radical (unpaired) electrons. The minimum atomic E-state index is -0.271. The van der Waals surface area contributed by atoms with Crippen LogP contribution in [-0.2, 0) is 16.0 Å². The van der Waals surface area contributed by atoms with Crippen molar-refractivity contribution < 1.29 is 19.1 Å². The fourth-order valence-electron chi connectivity index (χ4n) is 4.28. The molecule has 0 bridgehead atoms. The van der Waals surface area contributed by atoms with Crippen LogP contribution in [0.3, 0.4) is 0 Å². The third-order valence-electron chi connectivity index (χ3n) is 5.89. The van der Waals surface area contributed by atoms with E-state index in [1.54, 1.807) is 18.2 Å². The highest BCUT2D eigenvalue weighted by Crippen LogP contribution is 2.29. The summed E-state index contributed by atoms with van der Waals surface area (Å²) in [5.74, 6) is -0.167. The molecular weight excluding hydrogens is 347 g/mol. The zero-order chi connectivity index (χ0) is 19.2. The molecule has 0 spiro atoms. The van der Waals surface area contributed by atoms with Crippen LogP contribution in [0.25, 0.3) is 0 Å². The molecule has 2 N–H and O–H groups in total. The predicted molar refractivity (Wildman–Crippen MR) is 100 cm³/mol. The maximum Gasteiger partial charge on any atom is 0.226 e. The highest BCUT2D eigenvalue weighted by molar-refractivity contribution is 5.80. The number of aryl methyl sites for hydroxylation is 1. The van der Waals surface area contributed by atoms with Crippen molar-refractivity contribution in [1.29, 1.82) is 0 Å². The number of nitrogens with zero attached hydrogens (tertiary/aromatic N) is 1. The molecule has 2 aliphatic rings. The number of aliphatic hydroxyl groups is 1. The molecular formula is C21H29FN2O3. The molecule has 27 heavy (non-hydrogen) atoms. The Kier molecular flexibility index (Phi) is 6.83. The molecule has 0 unspecified atom stereocenters. The number of nitrogens with one attached hydrogen (secondary N) is 1. The van der Waals surface area contributed by atoms with E-state index in [0.29, 0.717) is 12.0 Å². The highest BCUT2D eigenvalue weighted by atomic mass is 19.1. The summed E-state index contributed by atoms with van der Waals surface area (Å²) in [5, 5.41) is 12.4. The van der Waals surface area contributed by atoms with Gasteiger partial charge in [-0.15, -0.1) is 0 Å². The van der Waals surface area contributed by atoms with Crippen LogP contribution in [0.15, 0.2) is 24.3 Å². The molecule has 148 valence electrons. The summed E-state index contributed by atoms with van der Waals surface area (Å²) in [6, 6.07) is 6.60. The maximum absolute atomic E-state index is 13.6. The first-order valence-electron chi connectivity index (χ1n) is 10.0. The second-order valence-electron chi connectivity index (χ2n) is 7.72. The molecule has 0 aromatic heterocycles. The van der Waals surface area contributed by atoms with Crippen molar-refractivity contribution in [3.05, 3.63) is 35.6 Å². The van der Waals surface area contributed by atoms with E-state index in [1.165, 1.54) is 6.07 Å². The van der Waals surface area contributed by atoms with E-state index < -0.39 is 0 Å². The monoisotopic (exact) mass is 376 g/mol. The van der Waals surface area contributed by atoms with Crippen molar-refractivity contribution in [2.75, 3.05) is 13.2 Å². The van der Waals surface area contributed by atoms with E-state index in [0.717, 1.165) is 45.1 Å². The Labute approximate surface area is 159 Å². The second-order valence-corrected chi connectivity index (χ2v) is 7.72. The van der Waals surface area contributed by atoms with Crippen molar-refractivity contribution in [1.82, 2.24) is 10.2 Å². The van der Waals surface area contributed by atoms with Crippen LogP contribution in [0.2, 0.25) is 0 Å². The van der Waals surface area contributed by atoms with E-state index in [1.807, 2.05) is 4.90 Å². The summed E-state index contributed by atoms with van der Waals surface area (Å²) in [6.07, 6.45) is 5.63. The van der Waals surface area contributed by atoms with Crippen molar-refractivity contribution in [3.63, 3.8) is 0 Å². The number of aliphatic hydroxyl groups excluding tert-OH is 1. The largest absolute Gasteiger partial charge is 0.394 e. The van der Waals surface area contributed by atoms with Crippen molar-refractivity contribution in [2.24, 2.45) is 5.92 Å². The Morgan fingerprint density at radius 3 is 2.59 bits per heavy atom. The van der Waals surface area contributed by atoms with Crippen molar-refractivity contribution >= 4 is 11.8 Å². The van der Waals surface area contributed by atoms with E-state index in [4.69, 9.17) is 0 Å². The maximum atomic E-state index is 13.6. The van der Waals surface area contributed by atoms with Gasteiger partial charge in [-0.25, -0.2) is 4.39 Å². The first-order valence-corrected chi connectivity index (χ1v) is 10.0. The lowest BCUT2D eigenvalue weighted by atomic mass is 9.85. The first kappa shape index (κ1) is 19.8. The molecule has 2 amide bonds. The normalized spacial score (nSPS) is 25.4. The predicted octanol–water partition coefficient (Wildman–Crippen LogP) is 2.42. The standard InChI is InChI=1S/C21H29FN2O3/c22-19-6-2-1-4-15(19)9-12-20(26)23-17-10-7-16(8-11-17)21(27)24-13-3-5-18(24)14-25/h1-2,4,6,16-18,25H,3,5,7-14H2,(H,23,26)/t16?,17?,18-/m0/s1. The SMILES string of the molecule is O=C(CCc1ccccc1F)NC1CCC(C(=O)N2CCC[C@H]2CO)CC1. The third kappa shape index (κ3) is 5.06. The second kappa shape index (κ2) is 9.31. The van der Waals surface area contributed by atoms with Gasteiger partial charge in [-0.2, -0.15) is 0 Å². The zero-order valence-corrected chi connectivity index (χ0v) is 15.7. The fraction of sp³-hybridized carbons (Fsp3) is 0.619. The van der Waals surface area contributed by atoms with Crippen molar-refractivity contribution in [3.8, 4) is 0 Å². The van der Waals surface area contributed by atoms with Gasteiger partial charge in [0.15, 0.2) is 0 Å². The number of hydrogen-bond donors (Lipinski definition) is 2. The van der Waals surface area contributed by atoms with Crippen LogP contribution in [0, 0.1) is 11.7 Å². The Hall–Kier alpha value is -1.95. The van der Waals surface area contributed by atoms with Gasteiger partial charge >= 0.3 is 0 Å². The summed E-state index contributed by atoms with van der Waals surface area (Å²) in [7, 11) is 0. The average Bonchev–Trinajstić information content (AvgIpc) is 3.16. The number of halogens is 1. The molecule has 2 fully saturated rings. The molecule has 1 heterocycles. The van der Waals surface area contributed by atoms with E-state index in [9.17, 15) is 19.1 Å². The topological polar surface area (TPSA) is 69.6 Å². The van der Waals surface area contributed by atoms with Gasteiger partial charge in [-0.3, -0.25) is 9.59 Å². The number of carbonyl (C=O) groups excluding carboxylic acids is 2. The zero-order valence-electron chi connectivity index (χ0n) is 15.7. The summed E-state index contributed by atoms with van der Waals surface area (Å²) < 4.78 is 13.6. The highest BCUT2D eigenvalue weighted by Gasteiger charge is 2.34. The molecule has 3 rings (SSSR count). The van der Waals surface area contributed by atoms with Crippen LogP contribution >= 0.6 is 0 Å². The van der Waals surface area contributed by atoms with E-state index in [2.05, 4.69) is 5.32 Å². The number of rotatable bonds is 6. The van der Waals surface area contributed by atoms with Crippen LogP contribution in [0.1, 0.15) is 50.5 Å². The van der Waals surface area contributed by atoms with Gasteiger partial charge in [0.25, 0.3) is 0 Å². The van der Waals surface area contributed by atoms with Crippen LogP contribution in [0.5, 0.6) is 0 Å². The molecule has 1 saturated heterocycles. The number of likely N-dealkylation sites (tertiary alicyclic amines) is 1. The number of hydrogen-bond acceptors (Lipinski definition) is 3. The van der Waals surface area contributed by atoms with E-state index >= 15 is 0 Å². The van der Waals surface area contributed by atoms with Gasteiger partial charge in [0, 0.05) is 24.9 Å². The van der Waals surface area contributed by atoms with Gasteiger partial charge in [-0.05, 0) is 56.6 Å². The number of carbonyl (C=O) groups is 2. The molecule has 1 aliphatic heterocycles. The van der Waals surface area contributed by atoms with Gasteiger partial charge < -0.3 is 15.3 Å². The minimum Gasteiger partial charge on any atom is -0.394 e. The van der Waals surface area contributed by atoms with Crippen LogP contribution in [0.4, 0.5) is 4.39 Å².